The lowest BCUT2D eigenvalue weighted by Gasteiger charge is -2.44. The van der Waals surface area contributed by atoms with Crippen molar-refractivity contribution in [2.24, 2.45) is 0 Å². The van der Waals surface area contributed by atoms with E-state index in [0.29, 0.717) is 19.4 Å². The van der Waals surface area contributed by atoms with Gasteiger partial charge in [-0.1, -0.05) is 0 Å². The minimum atomic E-state index is -1.15. The van der Waals surface area contributed by atoms with Crippen LogP contribution in [0.1, 0.15) is 61.3 Å². The average Bonchev–Trinajstić information content (AvgIpc) is 3.43. The molecule has 13 nitrogen and oxygen atoms in total. The molecule has 0 aromatic heterocycles. The van der Waals surface area contributed by atoms with Crippen molar-refractivity contribution in [3.63, 3.8) is 0 Å². The lowest BCUT2D eigenvalue weighted by Crippen LogP contribution is -2.61. The lowest BCUT2D eigenvalue weighted by atomic mass is 9.93. The van der Waals surface area contributed by atoms with Gasteiger partial charge in [0.25, 0.3) is 0 Å². The van der Waals surface area contributed by atoms with E-state index in [1.165, 1.54) is 27.9 Å². The molecule has 13 heteroatoms. The normalized spacial score (nSPS) is 40.6. The molecule has 0 aliphatic carbocycles. The van der Waals surface area contributed by atoms with Gasteiger partial charge in [0.05, 0.1) is 12.7 Å². The molecule has 39 heavy (non-hydrogen) atoms. The van der Waals surface area contributed by atoms with E-state index in [1.54, 1.807) is 0 Å². The van der Waals surface area contributed by atoms with Crippen LogP contribution in [0.15, 0.2) is 0 Å². The number of rotatable bonds is 8. The Hall–Kier alpha value is -1.87. The molecule has 4 heterocycles. The van der Waals surface area contributed by atoms with E-state index in [1.807, 2.05) is 27.7 Å². The predicted molar refractivity (Wildman–Crippen MR) is 129 cm³/mol. The second kappa shape index (κ2) is 11.6. The summed E-state index contributed by atoms with van der Waals surface area (Å²) in [7, 11) is 1.38. The molecule has 4 aliphatic heterocycles. The Kier molecular flexibility index (Phi) is 8.91. The van der Waals surface area contributed by atoms with Gasteiger partial charge in [0.2, 0.25) is 0 Å². The van der Waals surface area contributed by atoms with E-state index >= 15 is 0 Å². The van der Waals surface area contributed by atoms with Crippen LogP contribution < -0.4 is 0 Å². The summed E-state index contributed by atoms with van der Waals surface area (Å²) in [5.41, 5.74) is 0. The Morgan fingerprint density at radius 3 is 1.82 bits per heavy atom. The number of carbonyl (C=O) groups is 3. The zero-order valence-electron chi connectivity index (χ0n) is 23.7. The van der Waals surface area contributed by atoms with Gasteiger partial charge in [0.1, 0.15) is 30.5 Å². The van der Waals surface area contributed by atoms with Gasteiger partial charge in [-0.15, -0.1) is 0 Å². The van der Waals surface area contributed by atoms with Crippen molar-refractivity contribution in [1.82, 2.24) is 0 Å². The van der Waals surface area contributed by atoms with Gasteiger partial charge < -0.3 is 47.4 Å². The van der Waals surface area contributed by atoms with E-state index in [0.717, 1.165) is 0 Å². The smallest absolute Gasteiger partial charge is 0.303 e. The number of carbonyl (C=O) groups excluding carboxylic acids is 3. The van der Waals surface area contributed by atoms with Crippen molar-refractivity contribution in [1.29, 1.82) is 0 Å². The second-order valence-corrected chi connectivity index (χ2v) is 11.1. The molecular formula is C26H40O13. The van der Waals surface area contributed by atoms with E-state index in [9.17, 15) is 14.4 Å². The maximum absolute atomic E-state index is 12.0. The summed E-state index contributed by atoms with van der Waals surface area (Å²) in [6.45, 7) is 11.4. The SMILES string of the molecule is CO[C@H]1O[C@H](CC[C@@H]2O[C@H]([C@H]3COC(C)(C)O3)[C@@H]3OC(C)(C)O[C@@H]32)[C@@H](OC(C)=O)[C@H](OC(C)=O)[C@H]1OC(C)=O. The Balaban J connectivity index is 1.53. The maximum Gasteiger partial charge on any atom is 0.303 e. The first-order valence-corrected chi connectivity index (χ1v) is 13.2. The van der Waals surface area contributed by atoms with Crippen LogP contribution in [0.3, 0.4) is 0 Å². The summed E-state index contributed by atoms with van der Waals surface area (Å²) in [6, 6.07) is 0. The third-order valence-corrected chi connectivity index (χ3v) is 7.05. The van der Waals surface area contributed by atoms with Gasteiger partial charge in [-0.25, -0.2) is 0 Å². The third kappa shape index (κ3) is 6.89. The summed E-state index contributed by atoms with van der Waals surface area (Å²) >= 11 is 0. The van der Waals surface area contributed by atoms with Crippen LogP contribution in [0.4, 0.5) is 0 Å². The van der Waals surface area contributed by atoms with Gasteiger partial charge in [0.15, 0.2) is 36.2 Å². The third-order valence-electron chi connectivity index (χ3n) is 7.05. The number of esters is 3. The maximum atomic E-state index is 12.0. The molecule has 0 spiro atoms. The van der Waals surface area contributed by atoms with Crippen LogP contribution in [-0.2, 0) is 61.8 Å². The van der Waals surface area contributed by atoms with Gasteiger partial charge in [0, 0.05) is 27.9 Å². The van der Waals surface area contributed by atoms with Gasteiger partial charge >= 0.3 is 17.9 Å². The summed E-state index contributed by atoms with van der Waals surface area (Å²) in [4.78, 5) is 35.8. The van der Waals surface area contributed by atoms with Gasteiger partial charge in [-0.2, -0.15) is 0 Å². The minimum Gasteiger partial charge on any atom is -0.456 e. The monoisotopic (exact) mass is 560 g/mol. The number of ether oxygens (including phenoxy) is 10. The number of hydrogen-bond acceptors (Lipinski definition) is 13. The molecular weight excluding hydrogens is 520 g/mol. The summed E-state index contributed by atoms with van der Waals surface area (Å²) < 4.78 is 58.6. The predicted octanol–water partition coefficient (Wildman–Crippen LogP) is 1.37. The zero-order chi connectivity index (χ0) is 28.7. The second-order valence-electron chi connectivity index (χ2n) is 11.1. The zero-order valence-corrected chi connectivity index (χ0v) is 23.7. The fourth-order valence-electron chi connectivity index (χ4n) is 5.73. The molecule has 4 rings (SSSR count). The summed E-state index contributed by atoms with van der Waals surface area (Å²) in [5, 5.41) is 0. The molecule has 222 valence electrons. The van der Waals surface area contributed by atoms with E-state index in [2.05, 4.69) is 0 Å². The fraction of sp³-hybridized carbons (Fsp3) is 0.885. The Labute approximate surface area is 227 Å². The molecule has 0 unspecified atom stereocenters. The molecule has 0 amide bonds. The topological polar surface area (TPSA) is 144 Å². The molecule has 0 saturated carbocycles. The Bertz CT molecular complexity index is 920. The highest BCUT2D eigenvalue weighted by Gasteiger charge is 2.59. The standard InChI is InChI=1S/C26H40O13/c1-12(27)32-18-15(36-24(30-8)23(34-14(3)29)21(18)33-13(2)28)9-10-16-20-22(39-26(6,7)38-20)19(35-16)17-11-31-25(4,5)37-17/h15-24H,9-11H2,1-8H3/t15-,16+,17-,18-,19-,20-,21+,22+,23-,24+/m1/s1. The lowest BCUT2D eigenvalue weighted by molar-refractivity contribution is -0.299. The Morgan fingerprint density at radius 1 is 0.692 bits per heavy atom. The van der Waals surface area contributed by atoms with E-state index < -0.39 is 72.4 Å². The average molecular weight is 561 g/mol. The Morgan fingerprint density at radius 2 is 1.26 bits per heavy atom. The first kappa shape index (κ1) is 30.1. The molecule has 0 N–H and O–H groups in total. The molecule has 4 aliphatic rings. The number of hydrogen-bond donors (Lipinski definition) is 0. The van der Waals surface area contributed by atoms with Gasteiger partial charge in [-0.3, -0.25) is 14.4 Å². The molecule has 0 radical (unpaired) electrons. The van der Waals surface area contributed by atoms with Crippen molar-refractivity contribution in [3.05, 3.63) is 0 Å². The first-order chi connectivity index (χ1) is 18.2. The van der Waals surface area contributed by atoms with Crippen molar-refractivity contribution >= 4 is 17.9 Å². The van der Waals surface area contributed by atoms with Crippen molar-refractivity contribution in [2.75, 3.05) is 13.7 Å². The summed E-state index contributed by atoms with van der Waals surface area (Å²) in [5.74, 6) is -3.44. The van der Waals surface area contributed by atoms with E-state index in [-0.39, 0.29) is 18.3 Å². The van der Waals surface area contributed by atoms with Crippen LogP contribution in [0, 0.1) is 0 Å². The fourth-order valence-corrected chi connectivity index (χ4v) is 5.73. The van der Waals surface area contributed by atoms with E-state index in [4.69, 9.17) is 47.4 Å². The van der Waals surface area contributed by atoms with Crippen molar-refractivity contribution in [2.45, 2.75) is 134 Å². The molecule has 0 bridgehead atoms. The van der Waals surface area contributed by atoms with Crippen LogP contribution in [0.5, 0.6) is 0 Å². The van der Waals surface area contributed by atoms with Crippen LogP contribution in [0.2, 0.25) is 0 Å². The minimum absolute atomic E-state index is 0.306. The molecule has 0 aromatic rings. The summed E-state index contributed by atoms with van der Waals surface area (Å²) in [6.07, 6.45) is -6.44. The van der Waals surface area contributed by atoms with Crippen LogP contribution in [0.25, 0.3) is 0 Å². The van der Waals surface area contributed by atoms with Gasteiger partial charge in [-0.05, 0) is 40.5 Å². The molecule has 0 aromatic carbocycles. The highest BCUT2D eigenvalue weighted by molar-refractivity contribution is 5.68. The number of methoxy groups -OCH3 is 1. The quantitative estimate of drug-likeness (QED) is 0.312. The highest BCUT2D eigenvalue weighted by atomic mass is 16.8. The number of fused-ring (bicyclic) bond motifs is 1. The van der Waals surface area contributed by atoms with Crippen molar-refractivity contribution in [3.8, 4) is 0 Å². The highest BCUT2D eigenvalue weighted by Crippen LogP contribution is 2.44. The molecule has 4 saturated heterocycles. The van der Waals surface area contributed by atoms with Crippen molar-refractivity contribution < 1.29 is 61.8 Å². The van der Waals surface area contributed by atoms with Crippen LogP contribution >= 0.6 is 0 Å². The molecule has 10 atom stereocenters. The van der Waals surface area contributed by atoms with Crippen LogP contribution in [-0.4, -0.2) is 104 Å². The largest absolute Gasteiger partial charge is 0.456 e. The molecule has 4 fully saturated rings. The first-order valence-electron chi connectivity index (χ1n) is 13.2.